The highest BCUT2D eigenvalue weighted by Gasteiger charge is 2.31. The van der Waals surface area contributed by atoms with Gasteiger partial charge < -0.3 is 15.6 Å². The first-order chi connectivity index (χ1) is 8.15. The van der Waals surface area contributed by atoms with Crippen LogP contribution in [-0.2, 0) is 0 Å². The number of amides is 1. The molecule has 1 saturated heterocycles. The number of carbonyl (C=O) groups excluding carboxylic acids is 1. The van der Waals surface area contributed by atoms with Gasteiger partial charge in [0.1, 0.15) is 0 Å². The molecule has 0 aliphatic carbocycles. The van der Waals surface area contributed by atoms with Crippen molar-refractivity contribution in [1.82, 2.24) is 9.88 Å². The van der Waals surface area contributed by atoms with E-state index >= 15 is 0 Å². The summed E-state index contributed by atoms with van der Waals surface area (Å²) < 4.78 is 0. The molecule has 17 heavy (non-hydrogen) atoms. The van der Waals surface area contributed by atoms with Gasteiger partial charge in [-0.15, -0.1) is 0 Å². The quantitative estimate of drug-likeness (QED) is 0.816. The van der Waals surface area contributed by atoms with E-state index in [2.05, 4.69) is 11.9 Å². The largest absolute Gasteiger partial charge is 0.365 e. The number of aromatic amines is 1. The molecular formula is C13H21N3O. The first-order valence-corrected chi connectivity index (χ1v) is 6.30. The van der Waals surface area contributed by atoms with Gasteiger partial charge >= 0.3 is 0 Å². The lowest BCUT2D eigenvalue weighted by molar-refractivity contribution is 0.0532. The molecule has 2 atom stereocenters. The fourth-order valence-electron chi connectivity index (χ4n) is 2.70. The summed E-state index contributed by atoms with van der Waals surface area (Å²) in [7, 11) is 0. The Morgan fingerprint density at radius 1 is 1.65 bits per heavy atom. The second-order valence-corrected chi connectivity index (χ2v) is 4.94. The van der Waals surface area contributed by atoms with E-state index in [0.717, 1.165) is 30.6 Å². The van der Waals surface area contributed by atoms with Crippen LogP contribution in [0.15, 0.2) is 12.3 Å². The van der Waals surface area contributed by atoms with Crippen LogP contribution in [0.2, 0.25) is 0 Å². The molecule has 0 bridgehead atoms. The van der Waals surface area contributed by atoms with E-state index in [1.807, 2.05) is 24.1 Å². The number of nitrogens with one attached hydrogen (secondary N) is 1. The van der Waals surface area contributed by atoms with Gasteiger partial charge in [-0.25, -0.2) is 0 Å². The molecule has 1 fully saturated rings. The Bertz CT molecular complexity index is 399. The molecule has 94 valence electrons. The van der Waals surface area contributed by atoms with E-state index in [1.54, 1.807) is 0 Å². The summed E-state index contributed by atoms with van der Waals surface area (Å²) in [5, 5.41) is 0. The van der Waals surface area contributed by atoms with E-state index in [9.17, 15) is 4.79 Å². The second kappa shape index (κ2) is 4.92. The second-order valence-electron chi connectivity index (χ2n) is 4.94. The van der Waals surface area contributed by atoms with Gasteiger partial charge in [-0.1, -0.05) is 6.92 Å². The fraction of sp³-hybridized carbons (Fsp3) is 0.615. The van der Waals surface area contributed by atoms with E-state index in [0.29, 0.717) is 12.5 Å². The van der Waals surface area contributed by atoms with Crippen molar-refractivity contribution in [2.24, 2.45) is 11.7 Å². The third kappa shape index (κ3) is 2.22. The zero-order valence-corrected chi connectivity index (χ0v) is 10.6. The number of likely N-dealkylation sites (tertiary alicyclic amines) is 1. The van der Waals surface area contributed by atoms with Crippen molar-refractivity contribution in [3.63, 3.8) is 0 Å². The molecule has 1 aromatic heterocycles. The normalized spacial score (nSPS) is 25.0. The SMILES string of the molecule is Cc1[nH]ccc1C(=O)N1CCC[C@@H](C)[C@@H]1CN. The molecule has 2 heterocycles. The Morgan fingerprint density at radius 3 is 3.00 bits per heavy atom. The molecule has 4 nitrogen and oxygen atoms in total. The minimum absolute atomic E-state index is 0.116. The predicted octanol–water partition coefficient (Wildman–Crippen LogP) is 1.52. The van der Waals surface area contributed by atoms with Crippen molar-refractivity contribution in [2.75, 3.05) is 13.1 Å². The van der Waals surface area contributed by atoms with E-state index < -0.39 is 0 Å². The van der Waals surface area contributed by atoms with E-state index in [-0.39, 0.29) is 11.9 Å². The lowest BCUT2D eigenvalue weighted by Crippen LogP contribution is -2.51. The molecule has 1 amide bonds. The number of H-pyrrole nitrogens is 1. The summed E-state index contributed by atoms with van der Waals surface area (Å²) in [6.07, 6.45) is 4.05. The maximum atomic E-state index is 12.4. The number of aryl methyl sites for hydroxylation is 1. The molecule has 0 saturated carbocycles. The van der Waals surface area contributed by atoms with Gasteiger partial charge in [0.15, 0.2) is 0 Å². The molecule has 1 aromatic rings. The van der Waals surface area contributed by atoms with Crippen molar-refractivity contribution >= 4 is 5.91 Å². The number of nitrogens with zero attached hydrogens (tertiary/aromatic N) is 1. The van der Waals surface area contributed by atoms with Gasteiger partial charge in [0.2, 0.25) is 0 Å². The summed E-state index contributed by atoms with van der Waals surface area (Å²) in [4.78, 5) is 17.4. The highest BCUT2D eigenvalue weighted by atomic mass is 16.2. The standard InChI is InChI=1S/C13H21N3O/c1-9-4-3-7-16(12(9)8-14)13(17)11-5-6-15-10(11)2/h5-6,9,12,15H,3-4,7-8,14H2,1-2H3/t9-,12+/m1/s1. The molecule has 1 aliphatic rings. The van der Waals surface area contributed by atoms with Gasteiger partial charge in [0.05, 0.1) is 5.56 Å². The smallest absolute Gasteiger partial charge is 0.255 e. The topological polar surface area (TPSA) is 62.1 Å². The molecule has 3 N–H and O–H groups in total. The van der Waals surface area contributed by atoms with Crippen molar-refractivity contribution in [3.8, 4) is 0 Å². The molecule has 0 unspecified atom stereocenters. The Morgan fingerprint density at radius 2 is 2.41 bits per heavy atom. The Labute approximate surface area is 102 Å². The van der Waals surface area contributed by atoms with Crippen LogP contribution in [0, 0.1) is 12.8 Å². The monoisotopic (exact) mass is 235 g/mol. The number of aromatic nitrogens is 1. The van der Waals surface area contributed by atoms with Crippen molar-refractivity contribution in [1.29, 1.82) is 0 Å². The summed E-state index contributed by atoms with van der Waals surface area (Å²) in [5.41, 5.74) is 7.52. The van der Waals surface area contributed by atoms with Crippen molar-refractivity contribution in [3.05, 3.63) is 23.5 Å². The number of hydrogen-bond donors (Lipinski definition) is 2. The highest BCUT2D eigenvalue weighted by molar-refractivity contribution is 5.95. The third-order valence-corrected chi connectivity index (χ3v) is 3.80. The van der Waals surface area contributed by atoms with Crippen LogP contribution < -0.4 is 5.73 Å². The van der Waals surface area contributed by atoms with Gasteiger partial charge in [-0.2, -0.15) is 0 Å². The number of rotatable bonds is 2. The minimum Gasteiger partial charge on any atom is -0.365 e. The zero-order valence-electron chi connectivity index (χ0n) is 10.6. The van der Waals surface area contributed by atoms with Crippen LogP contribution in [0.4, 0.5) is 0 Å². The average molecular weight is 235 g/mol. The average Bonchev–Trinajstić information content (AvgIpc) is 2.74. The van der Waals surface area contributed by atoms with Crippen LogP contribution in [-0.4, -0.2) is 34.9 Å². The summed E-state index contributed by atoms with van der Waals surface area (Å²) in [6.45, 7) is 5.49. The molecule has 0 spiro atoms. The first kappa shape index (κ1) is 12.2. The Kier molecular flexibility index (Phi) is 3.52. The Hall–Kier alpha value is -1.29. The van der Waals surface area contributed by atoms with Crippen LogP contribution in [0.5, 0.6) is 0 Å². The molecular weight excluding hydrogens is 214 g/mol. The number of nitrogens with two attached hydrogens (primary N) is 1. The van der Waals surface area contributed by atoms with Gasteiger partial charge in [-0.05, 0) is 31.7 Å². The Balaban J connectivity index is 2.21. The fourth-order valence-corrected chi connectivity index (χ4v) is 2.70. The highest BCUT2D eigenvalue weighted by Crippen LogP contribution is 2.24. The van der Waals surface area contributed by atoms with Gasteiger partial charge in [0, 0.05) is 31.0 Å². The number of carbonyl (C=O) groups is 1. The number of piperidine rings is 1. The lowest BCUT2D eigenvalue weighted by atomic mass is 9.90. The van der Waals surface area contributed by atoms with Crippen LogP contribution >= 0.6 is 0 Å². The molecule has 0 radical (unpaired) electrons. The van der Waals surface area contributed by atoms with E-state index in [1.165, 1.54) is 0 Å². The maximum Gasteiger partial charge on any atom is 0.255 e. The summed E-state index contributed by atoms with van der Waals surface area (Å²) in [5.74, 6) is 0.614. The minimum atomic E-state index is 0.116. The molecule has 0 aromatic carbocycles. The van der Waals surface area contributed by atoms with Gasteiger partial charge in [0.25, 0.3) is 5.91 Å². The van der Waals surface area contributed by atoms with Crippen molar-refractivity contribution in [2.45, 2.75) is 32.7 Å². The van der Waals surface area contributed by atoms with Crippen LogP contribution in [0.1, 0.15) is 35.8 Å². The lowest BCUT2D eigenvalue weighted by Gasteiger charge is -2.39. The summed E-state index contributed by atoms with van der Waals surface area (Å²) >= 11 is 0. The molecule has 4 heteroatoms. The maximum absolute atomic E-state index is 12.4. The van der Waals surface area contributed by atoms with Crippen LogP contribution in [0.3, 0.4) is 0 Å². The molecule has 2 rings (SSSR count). The number of hydrogen-bond acceptors (Lipinski definition) is 2. The summed E-state index contributed by atoms with van der Waals surface area (Å²) in [6, 6.07) is 2.04. The van der Waals surface area contributed by atoms with Gasteiger partial charge in [-0.3, -0.25) is 4.79 Å². The van der Waals surface area contributed by atoms with Crippen LogP contribution in [0.25, 0.3) is 0 Å². The van der Waals surface area contributed by atoms with E-state index in [4.69, 9.17) is 5.73 Å². The third-order valence-electron chi connectivity index (χ3n) is 3.80. The predicted molar refractivity (Wildman–Crippen MR) is 67.8 cm³/mol. The zero-order chi connectivity index (χ0) is 12.4. The first-order valence-electron chi connectivity index (χ1n) is 6.30. The van der Waals surface area contributed by atoms with Crippen molar-refractivity contribution < 1.29 is 4.79 Å². The molecule has 1 aliphatic heterocycles.